The normalized spacial score (nSPS) is 18.2. The monoisotopic (exact) mass is 465 g/mol. The predicted octanol–water partition coefficient (Wildman–Crippen LogP) is 3.23. The fourth-order valence-corrected chi connectivity index (χ4v) is 5.07. The second-order valence-electron chi connectivity index (χ2n) is 9.09. The molecular weight excluding hydrogens is 430 g/mol. The van der Waals surface area contributed by atoms with E-state index in [1.165, 1.54) is 10.5 Å². The molecule has 34 heavy (non-hydrogen) atoms. The van der Waals surface area contributed by atoms with Crippen molar-refractivity contribution < 1.29 is 19.1 Å². The Balaban J connectivity index is 1.44. The summed E-state index contributed by atoms with van der Waals surface area (Å²) in [5, 5.41) is 0. The van der Waals surface area contributed by atoms with Gasteiger partial charge in [0.25, 0.3) is 5.91 Å². The van der Waals surface area contributed by atoms with Crippen molar-refractivity contribution >= 4 is 11.9 Å². The molecule has 0 saturated carbocycles. The highest BCUT2D eigenvalue weighted by Crippen LogP contribution is 2.37. The Morgan fingerprint density at radius 1 is 0.824 bits per heavy atom. The highest BCUT2D eigenvalue weighted by molar-refractivity contribution is 6.07. The van der Waals surface area contributed by atoms with Crippen LogP contribution in [0.5, 0.6) is 5.75 Å². The van der Waals surface area contributed by atoms with Crippen molar-refractivity contribution in [2.45, 2.75) is 31.2 Å². The van der Waals surface area contributed by atoms with E-state index in [0.717, 1.165) is 37.4 Å². The van der Waals surface area contributed by atoms with Crippen LogP contribution in [0.3, 0.4) is 0 Å². The van der Waals surface area contributed by atoms with Crippen LogP contribution >= 0.6 is 0 Å². The van der Waals surface area contributed by atoms with Crippen LogP contribution in [0.4, 0.5) is 4.79 Å². The van der Waals surface area contributed by atoms with E-state index in [1.54, 1.807) is 14.2 Å². The van der Waals surface area contributed by atoms with Crippen molar-refractivity contribution in [3.63, 3.8) is 0 Å². The van der Waals surface area contributed by atoms with Crippen LogP contribution in [-0.2, 0) is 22.4 Å². The zero-order valence-electron chi connectivity index (χ0n) is 20.2. The number of piperidine rings is 1. The number of likely N-dealkylation sites (tertiary alicyclic amines) is 1. The number of urea groups is 1. The second kappa shape index (κ2) is 11.0. The summed E-state index contributed by atoms with van der Waals surface area (Å²) in [5.74, 6) is 0.744. The quantitative estimate of drug-likeness (QED) is 0.504. The number of methoxy groups -OCH3 is 2. The molecule has 2 aromatic carbocycles. The van der Waals surface area contributed by atoms with Gasteiger partial charge < -0.3 is 19.3 Å². The Morgan fingerprint density at radius 3 is 2.12 bits per heavy atom. The van der Waals surface area contributed by atoms with Crippen molar-refractivity contribution in [2.75, 3.05) is 53.6 Å². The molecule has 0 N–H and O–H groups in total. The van der Waals surface area contributed by atoms with E-state index in [1.807, 2.05) is 35.2 Å². The Labute approximate surface area is 202 Å². The standard InChI is InChI=1S/C27H35N3O4/c1-33-21-20-29-25(31)27(14-18-28(19-15-27)16-12-22-6-4-3-5-7-22)30(26(29)32)17-13-23-8-10-24(34-2)11-9-23/h3-11H,12-21H2,1-2H3. The Kier molecular flexibility index (Phi) is 7.85. The SMILES string of the molecule is COCCN1C(=O)N(CCc2ccc(OC)cc2)C2(CCN(CCc3ccccc3)CC2)C1=O. The van der Waals surface area contributed by atoms with E-state index in [2.05, 4.69) is 29.2 Å². The van der Waals surface area contributed by atoms with E-state index in [-0.39, 0.29) is 11.9 Å². The molecule has 2 fully saturated rings. The second-order valence-corrected chi connectivity index (χ2v) is 9.09. The first-order valence-electron chi connectivity index (χ1n) is 12.1. The lowest BCUT2D eigenvalue weighted by Gasteiger charge is -2.42. The molecule has 0 bridgehead atoms. The molecule has 0 aromatic heterocycles. The van der Waals surface area contributed by atoms with Crippen molar-refractivity contribution in [1.82, 2.24) is 14.7 Å². The van der Waals surface area contributed by atoms with Crippen LogP contribution in [0.15, 0.2) is 54.6 Å². The predicted molar refractivity (Wildman–Crippen MR) is 131 cm³/mol. The Morgan fingerprint density at radius 2 is 1.47 bits per heavy atom. The van der Waals surface area contributed by atoms with E-state index in [9.17, 15) is 9.59 Å². The number of carbonyl (C=O) groups excluding carboxylic acids is 2. The molecule has 2 aromatic rings. The third-order valence-corrected chi connectivity index (χ3v) is 7.17. The van der Waals surface area contributed by atoms with Crippen molar-refractivity contribution in [3.05, 3.63) is 65.7 Å². The number of imide groups is 1. The molecule has 1 spiro atoms. The highest BCUT2D eigenvalue weighted by Gasteiger charge is 2.57. The maximum Gasteiger partial charge on any atom is 0.327 e. The summed E-state index contributed by atoms with van der Waals surface area (Å²) < 4.78 is 10.4. The summed E-state index contributed by atoms with van der Waals surface area (Å²) in [7, 11) is 3.24. The third kappa shape index (κ3) is 5.10. The number of amides is 3. The minimum absolute atomic E-state index is 0.0630. The van der Waals surface area contributed by atoms with Gasteiger partial charge in [0.15, 0.2) is 0 Å². The molecule has 0 unspecified atom stereocenters. The number of benzene rings is 2. The first-order valence-corrected chi connectivity index (χ1v) is 12.1. The lowest BCUT2D eigenvalue weighted by molar-refractivity contribution is -0.136. The van der Waals surface area contributed by atoms with Gasteiger partial charge >= 0.3 is 6.03 Å². The summed E-state index contributed by atoms with van der Waals surface area (Å²) in [6, 6.07) is 18.2. The number of hydrogen-bond acceptors (Lipinski definition) is 5. The fraction of sp³-hybridized carbons (Fsp3) is 0.481. The lowest BCUT2D eigenvalue weighted by Crippen LogP contribution is -2.57. The molecular formula is C27H35N3O4. The van der Waals surface area contributed by atoms with Gasteiger partial charge in [0.2, 0.25) is 0 Å². The topological polar surface area (TPSA) is 62.3 Å². The van der Waals surface area contributed by atoms with Gasteiger partial charge in [0.1, 0.15) is 11.3 Å². The summed E-state index contributed by atoms with van der Waals surface area (Å²) in [4.78, 5) is 32.6. The molecule has 7 nitrogen and oxygen atoms in total. The van der Waals surface area contributed by atoms with Crippen LogP contribution in [-0.4, -0.2) is 85.7 Å². The number of rotatable bonds is 10. The largest absolute Gasteiger partial charge is 0.497 e. The van der Waals surface area contributed by atoms with Gasteiger partial charge in [-0.15, -0.1) is 0 Å². The van der Waals surface area contributed by atoms with Gasteiger partial charge in [0, 0.05) is 33.3 Å². The van der Waals surface area contributed by atoms with E-state index < -0.39 is 5.54 Å². The molecule has 0 atom stereocenters. The van der Waals surface area contributed by atoms with Gasteiger partial charge in [-0.3, -0.25) is 9.69 Å². The van der Waals surface area contributed by atoms with Crippen LogP contribution < -0.4 is 4.74 Å². The molecule has 4 rings (SSSR count). The average Bonchev–Trinajstić information content (AvgIpc) is 3.07. The van der Waals surface area contributed by atoms with E-state index >= 15 is 0 Å². The first kappa shape index (κ1) is 24.2. The van der Waals surface area contributed by atoms with Crippen LogP contribution in [0.25, 0.3) is 0 Å². The van der Waals surface area contributed by atoms with Gasteiger partial charge in [-0.05, 0) is 48.9 Å². The summed E-state index contributed by atoms with van der Waals surface area (Å²) in [6.07, 6.45) is 3.01. The average molecular weight is 466 g/mol. The lowest BCUT2D eigenvalue weighted by atomic mass is 9.85. The maximum atomic E-state index is 13.6. The molecule has 2 aliphatic heterocycles. The summed E-state index contributed by atoms with van der Waals surface area (Å²) in [6.45, 7) is 3.74. The van der Waals surface area contributed by atoms with Gasteiger partial charge in [-0.25, -0.2) is 4.79 Å². The van der Waals surface area contributed by atoms with E-state index in [4.69, 9.17) is 9.47 Å². The van der Waals surface area contributed by atoms with Crippen molar-refractivity contribution in [2.24, 2.45) is 0 Å². The molecule has 0 aliphatic carbocycles. The number of hydrogen-bond donors (Lipinski definition) is 0. The Bertz CT molecular complexity index is 956. The van der Waals surface area contributed by atoms with E-state index in [0.29, 0.717) is 39.0 Å². The number of nitrogens with zero attached hydrogens (tertiary/aromatic N) is 3. The summed E-state index contributed by atoms with van der Waals surface area (Å²) >= 11 is 0. The van der Waals surface area contributed by atoms with Gasteiger partial charge in [-0.1, -0.05) is 42.5 Å². The van der Waals surface area contributed by atoms with Gasteiger partial charge in [-0.2, -0.15) is 0 Å². The minimum Gasteiger partial charge on any atom is -0.497 e. The maximum absolute atomic E-state index is 13.6. The molecule has 2 saturated heterocycles. The Hall–Kier alpha value is -2.90. The first-order chi connectivity index (χ1) is 16.6. The zero-order chi connectivity index (χ0) is 24.0. The molecule has 0 radical (unpaired) electrons. The fourth-order valence-electron chi connectivity index (χ4n) is 5.07. The van der Waals surface area contributed by atoms with Crippen LogP contribution in [0.2, 0.25) is 0 Å². The smallest absolute Gasteiger partial charge is 0.327 e. The zero-order valence-corrected chi connectivity index (χ0v) is 20.2. The molecule has 3 amide bonds. The van der Waals surface area contributed by atoms with Crippen molar-refractivity contribution in [1.29, 1.82) is 0 Å². The number of ether oxygens (including phenoxy) is 2. The molecule has 2 aliphatic rings. The van der Waals surface area contributed by atoms with Crippen LogP contribution in [0.1, 0.15) is 24.0 Å². The van der Waals surface area contributed by atoms with Crippen molar-refractivity contribution in [3.8, 4) is 5.75 Å². The molecule has 7 heteroatoms. The molecule has 2 heterocycles. The van der Waals surface area contributed by atoms with Crippen LogP contribution in [0, 0.1) is 0 Å². The van der Waals surface area contributed by atoms with Gasteiger partial charge in [0.05, 0.1) is 20.3 Å². The minimum atomic E-state index is -0.749. The highest BCUT2D eigenvalue weighted by atomic mass is 16.5. The summed E-state index contributed by atoms with van der Waals surface area (Å²) in [5.41, 5.74) is 1.69. The molecule has 182 valence electrons. The number of carbonyl (C=O) groups is 2. The third-order valence-electron chi connectivity index (χ3n) is 7.17.